The third-order valence-electron chi connectivity index (χ3n) is 4.54. The van der Waals surface area contributed by atoms with E-state index in [4.69, 9.17) is 0 Å². The van der Waals surface area contributed by atoms with Crippen molar-refractivity contribution in [1.29, 1.82) is 0 Å². The van der Waals surface area contributed by atoms with Gasteiger partial charge in [0.05, 0.1) is 12.4 Å². The Kier molecular flexibility index (Phi) is 4.16. The van der Waals surface area contributed by atoms with Crippen LogP contribution in [0.15, 0.2) is 49.1 Å². The van der Waals surface area contributed by atoms with Crippen LogP contribution in [0.2, 0.25) is 0 Å². The van der Waals surface area contributed by atoms with Crippen LogP contribution in [0.1, 0.15) is 31.9 Å². The van der Waals surface area contributed by atoms with Crippen LogP contribution in [0.3, 0.4) is 0 Å². The number of nitrogens with one attached hydrogen (secondary N) is 2. The Morgan fingerprint density at radius 1 is 1.08 bits per heavy atom. The minimum Gasteiger partial charge on any atom is -0.508 e. The number of benzene rings is 2. The molecule has 1 atom stereocenters. The average Bonchev–Trinajstić information content (AvgIpc) is 3.10. The van der Waals surface area contributed by atoms with Crippen molar-refractivity contribution >= 4 is 27.8 Å². The molecule has 2 aromatic carbocycles. The lowest BCUT2D eigenvalue weighted by atomic mass is 9.92. The molecule has 4 aromatic rings. The molecule has 3 N–H and O–H groups in total. The van der Waals surface area contributed by atoms with Crippen molar-refractivity contribution in [2.75, 3.05) is 5.32 Å². The van der Waals surface area contributed by atoms with Gasteiger partial charge in [0.25, 0.3) is 0 Å². The van der Waals surface area contributed by atoms with Crippen LogP contribution in [0.25, 0.3) is 21.9 Å². The van der Waals surface area contributed by atoms with Crippen LogP contribution in [0.5, 0.6) is 5.75 Å². The van der Waals surface area contributed by atoms with E-state index < -0.39 is 0 Å². The third-order valence-corrected chi connectivity index (χ3v) is 4.54. The molecule has 0 fully saturated rings. The molecule has 1 unspecified atom stereocenters. The van der Waals surface area contributed by atoms with E-state index in [0.717, 1.165) is 28.3 Å². The van der Waals surface area contributed by atoms with Crippen LogP contribution in [-0.4, -0.2) is 25.0 Å². The molecule has 0 bridgehead atoms. The van der Waals surface area contributed by atoms with Gasteiger partial charge in [0.1, 0.15) is 17.6 Å². The Hall–Kier alpha value is -3.15. The van der Waals surface area contributed by atoms with Crippen molar-refractivity contribution < 1.29 is 5.11 Å². The molecule has 0 aliphatic heterocycles. The highest BCUT2D eigenvalue weighted by Gasteiger charge is 2.21. The Balaban J connectivity index is 1.84. The molecule has 2 heterocycles. The van der Waals surface area contributed by atoms with E-state index in [2.05, 4.69) is 45.2 Å². The quantitative estimate of drug-likeness (QED) is 0.498. The molecule has 0 amide bonds. The smallest absolute Gasteiger partial charge is 0.182 e. The number of rotatable bonds is 5. The first-order valence-corrected chi connectivity index (χ1v) is 8.74. The number of hydrogen-bond donors (Lipinski definition) is 3. The van der Waals surface area contributed by atoms with E-state index in [-0.39, 0.29) is 11.8 Å². The molecule has 0 aliphatic rings. The van der Waals surface area contributed by atoms with E-state index in [1.54, 1.807) is 12.4 Å². The van der Waals surface area contributed by atoms with Crippen LogP contribution in [0.4, 0.5) is 5.82 Å². The maximum absolute atomic E-state index is 10.7. The van der Waals surface area contributed by atoms with E-state index in [0.29, 0.717) is 17.4 Å². The first-order chi connectivity index (χ1) is 12.6. The number of anilines is 1. The molecule has 6 nitrogen and oxygen atoms in total. The molecular formula is C20H21N5O. The summed E-state index contributed by atoms with van der Waals surface area (Å²) in [4.78, 5) is 15.8. The first-order valence-electron chi connectivity index (χ1n) is 8.74. The lowest BCUT2D eigenvalue weighted by Gasteiger charge is -2.24. The molecule has 0 saturated heterocycles. The highest BCUT2D eigenvalue weighted by molar-refractivity contribution is 5.89. The third kappa shape index (κ3) is 2.94. The van der Waals surface area contributed by atoms with Crippen molar-refractivity contribution in [2.24, 2.45) is 5.92 Å². The van der Waals surface area contributed by atoms with Gasteiger partial charge in [-0.3, -0.25) is 0 Å². The fourth-order valence-electron chi connectivity index (χ4n) is 3.41. The Morgan fingerprint density at radius 2 is 1.92 bits per heavy atom. The van der Waals surface area contributed by atoms with Crippen molar-refractivity contribution in [1.82, 2.24) is 19.9 Å². The van der Waals surface area contributed by atoms with Crippen LogP contribution < -0.4 is 5.32 Å². The Morgan fingerprint density at radius 3 is 2.77 bits per heavy atom. The highest BCUT2D eigenvalue weighted by atomic mass is 16.3. The summed E-state index contributed by atoms with van der Waals surface area (Å²) < 4.78 is 0. The van der Waals surface area contributed by atoms with Crippen LogP contribution in [0, 0.1) is 5.92 Å². The zero-order chi connectivity index (χ0) is 18.1. The van der Waals surface area contributed by atoms with Gasteiger partial charge in [-0.25, -0.2) is 15.0 Å². The fourth-order valence-corrected chi connectivity index (χ4v) is 3.41. The van der Waals surface area contributed by atoms with E-state index in [1.807, 2.05) is 24.3 Å². The number of fused-ring (bicyclic) bond motifs is 2. The maximum Gasteiger partial charge on any atom is 0.182 e. The maximum atomic E-state index is 10.7. The zero-order valence-electron chi connectivity index (χ0n) is 14.8. The molecule has 132 valence electrons. The van der Waals surface area contributed by atoms with Gasteiger partial charge >= 0.3 is 0 Å². The van der Waals surface area contributed by atoms with E-state index >= 15 is 0 Å². The Bertz CT molecular complexity index is 1060. The zero-order valence-corrected chi connectivity index (χ0v) is 14.8. The molecule has 0 spiro atoms. The molecule has 0 saturated carbocycles. The van der Waals surface area contributed by atoms with E-state index in [9.17, 15) is 5.11 Å². The molecule has 2 aromatic heterocycles. The second-order valence-electron chi connectivity index (χ2n) is 6.87. The monoisotopic (exact) mass is 347 g/mol. The number of aromatic hydroxyl groups is 1. The van der Waals surface area contributed by atoms with Gasteiger partial charge in [-0.15, -0.1) is 0 Å². The largest absolute Gasteiger partial charge is 0.508 e. The number of imidazole rings is 1. The highest BCUT2D eigenvalue weighted by Crippen LogP contribution is 2.37. The van der Waals surface area contributed by atoms with Crippen molar-refractivity contribution in [2.45, 2.75) is 26.3 Å². The van der Waals surface area contributed by atoms with Gasteiger partial charge in [0.2, 0.25) is 0 Å². The second kappa shape index (κ2) is 6.63. The van der Waals surface area contributed by atoms with Gasteiger partial charge in [-0.05, 0) is 29.2 Å². The summed E-state index contributed by atoms with van der Waals surface area (Å²) in [5, 5.41) is 16.3. The fraction of sp³-hybridized carbons (Fsp3) is 0.250. The lowest BCUT2D eigenvalue weighted by Crippen LogP contribution is -2.15. The summed E-state index contributed by atoms with van der Waals surface area (Å²) in [6.45, 7) is 4.34. The molecule has 26 heavy (non-hydrogen) atoms. The second-order valence-corrected chi connectivity index (χ2v) is 6.87. The number of H-pyrrole nitrogens is 1. The number of aromatic amines is 1. The van der Waals surface area contributed by atoms with Gasteiger partial charge in [0, 0.05) is 5.56 Å². The average molecular weight is 347 g/mol. The predicted molar refractivity (Wildman–Crippen MR) is 103 cm³/mol. The normalized spacial score (nSPS) is 12.7. The van der Waals surface area contributed by atoms with Gasteiger partial charge < -0.3 is 15.4 Å². The molecule has 0 aliphatic carbocycles. The summed E-state index contributed by atoms with van der Waals surface area (Å²) in [7, 11) is 0. The predicted octanol–water partition coefficient (Wildman–Crippen LogP) is 4.41. The molecule has 0 radical (unpaired) electrons. The first kappa shape index (κ1) is 16.3. The minimum absolute atomic E-state index is 0.0949. The number of hydrogen-bond acceptors (Lipinski definition) is 5. The summed E-state index contributed by atoms with van der Waals surface area (Å²) in [5.74, 6) is 1.41. The van der Waals surface area contributed by atoms with Gasteiger partial charge in [-0.2, -0.15) is 0 Å². The molecular weight excluding hydrogens is 326 g/mol. The lowest BCUT2D eigenvalue weighted by molar-refractivity contribution is 0.454. The van der Waals surface area contributed by atoms with Gasteiger partial charge in [0.15, 0.2) is 11.5 Å². The van der Waals surface area contributed by atoms with Gasteiger partial charge in [-0.1, -0.05) is 44.2 Å². The topological polar surface area (TPSA) is 86.7 Å². The van der Waals surface area contributed by atoms with E-state index in [1.165, 1.54) is 6.33 Å². The van der Waals surface area contributed by atoms with Crippen LogP contribution in [-0.2, 0) is 0 Å². The number of phenolic OH excluding ortho intramolecular Hbond substituents is 1. The number of phenols is 1. The van der Waals surface area contributed by atoms with Crippen molar-refractivity contribution in [3.63, 3.8) is 0 Å². The van der Waals surface area contributed by atoms with Crippen molar-refractivity contribution in [3.05, 3.63) is 54.6 Å². The SMILES string of the molecule is CC(C)CC(Nc1ncnc2nc[nH]c12)c1c(O)ccc2ccccc12. The summed E-state index contributed by atoms with van der Waals surface area (Å²) in [6, 6.07) is 11.7. The summed E-state index contributed by atoms with van der Waals surface area (Å²) >= 11 is 0. The molecule has 6 heteroatoms. The number of nitrogens with zero attached hydrogens (tertiary/aromatic N) is 3. The number of aromatic nitrogens is 4. The summed E-state index contributed by atoms with van der Waals surface area (Å²) in [6.07, 6.45) is 3.96. The standard InChI is InChI=1S/C20H21N5O/c1-12(2)9-15(25-20-18-19(22-10-21-18)23-11-24-20)17-14-6-4-3-5-13(14)7-8-16(17)26/h3-8,10-12,15,26H,9H2,1-2H3,(H2,21,22,23,24,25). The Labute approximate surface area is 151 Å². The van der Waals surface area contributed by atoms with Crippen LogP contribution >= 0.6 is 0 Å². The van der Waals surface area contributed by atoms with Crippen molar-refractivity contribution in [3.8, 4) is 5.75 Å². The summed E-state index contributed by atoms with van der Waals surface area (Å²) in [5.41, 5.74) is 2.27. The molecule has 4 rings (SSSR count). The minimum atomic E-state index is -0.0949.